The van der Waals surface area contributed by atoms with Gasteiger partial charge in [-0.05, 0) is 48.2 Å². The van der Waals surface area contributed by atoms with E-state index in [9.17, 15) is 14.0 Å². The lowest BCUT2D eigenvalue weighted by Crippen LogP contribution is -2.37. The summed E-state index contributed by atoms with van der Waals surface area (Å²) in [6.45, 7) is 4.06. The fourth-order valence-electron chi connectivity index (χ4n) is 4.65. The Kier molecular flexibility index (Phi) is 5.49. The molecule has 5 rings (SSSR count). The number of ketones is 1. The molecule has 1 atom stereocenters. The number of carbonyl (C=O) groups excluding carboxylic acids is 2. The minimum absolute atomic E-state index is 0.0156. The Morgan fingerprint density at radius 2 is 1.82 bits per heavy atom. The van der Waals surface area contributed by atoms with E-state index in [4.69, 9.17) is 23.2 Å². The van der Waals surface area contributed by atoms with Gasteiger partial charge in [0.15, 0.2) is 5.78 Å². The summed E-state index contributed by atoms with van der Waals surface area (Å²) < 4.78 is 14.8. The molecule has 0 radical (unpaired) electrons. The average molecular weight is 499 g/mol. The van der Waals surface area contributed by atoms with Gasteiger partial charge in [-0.25, -0.2) is 9.07 Å². The predicted octanol–water partition coefficient (Wildman–Crippen LogP) is 6.24. The second-order valence-electron chi connectivity index (χ2n) is 9.31. The summed E-state index contributed by atoms with van der Waals surface area (Å²) in [5.41, 5.74) is 2.31. The van der Waals surface area contributed by atoms with Crippen LogP contribution < -0.4 is 10.6 Å². The summed E-state index contributed by atoms with van der Waals surface area (Å²) in [6.07, 6.45) is 2.42. The Morgan fingerprint density at radius 3 is 2.50 bits per heavy atom. The molecule has 2 aliphatic rings. The first-order chi connectivity index (χ1) is 16.1. The Morgan fingerprint density at radius 1 is 1.15 bits per heavy atom. The Labute approximate surface area is 205 Å². The first-order valence-corrected chi connectivity index (χ1v) is 11.5. The van der Waals surface area contributed by atoms with Crippen LogP contribution in [0.4, 0.5) is 15.9 Å². The molecule has 2 aromatic carbocycles. The van der Waals surface area contributed by atoms with Crippen LogP contribution in [0.5, 0.6) is 0 Å². The van der Waals surface area contributed by atoms with Crippen molar-refractivity contribution in [2.45, 2.75) is 32.7 Å². The van der Waals surface area contributed by atoms with Crippen molar-refractivity contribution in [3.8, 4) is 0 Å². The highest BCUT2D eigenvalue weighted by atomic mass is 35.5. The molecule has 1 aliphatic carbocycles. The fraction of sp³-hybridized carbons (Fsp3) is 0.240. The van der Waals surface area contributed by atoms with E-state index < -0.39 is 17.8 Å². The SMILES string of the molecule is CC1(C)CC(=O)C2=C(C1)Nc1c(C(=O)Nc3ccc(F)cc3)cnn1[C@@H]2c1c(Cl)cccc1Cl. The molecule has 0 saturated carbocycles. The van der Waals surface area contributed by atoms with Crippen LogP contribution in [0.1, 0.15) is 48.7 Å². The first kappa shape index (κ1) is 22.6. The molecule has 2 N–H and O–H groups in total. The quantitative estimate of drug-likeness (QED) is 0.448. The van der Waals surface area contributed by atoms with Crippen molar-refractivity contribution in [1.29, 1.82) is 0 Å². The lowest BCUT2D eigenvalue weighted by atomic mass is 9.73. The van der Waals surface area contributed by atoms with Gasteiger partial charge in [-0.3, -0.25) is 9.59 Å². The van der Waals surface area contributed by atoms with Gasteiger partial charge in [-0.2, -0.15) is 5.10 Å². The number of allylic oxidation sites excluding steroid dienone is 2. The third-order valence-electron chi connectivity index (χ3n) is 6.12. The topological polar surface area (TPSA) is 76.0 Å². The molecule has 6 nitrogen and oxygen atoms in total. The molecular formula is C25H21Cl2FN4O2. The summed E-state index contributed by atoms with van der Waals surface area (Å²) in [5, 5.41) is 11.3. The lowest BCUT2D eigenvalue weighted by Gasteiger charge is -2.39. The van der Waals surface area contributed by atoms with Crippen molar-refractivity contribution in [2.75, 3.05) is 10.6 Å². The Balaban J connectivity index is 1.63. The zero-order valence-electron chi connectivity index (χ0n) is 18.5. The number of hydrogen-bond acceptors (Lipinski definition) is 4. The average Bonchev–Trinajstić information content (AvgIpc) is 3.17. The standard InChI is InChI=1S/C25H21Cl2FN4O2/c1-25(2)10-18-21(19(33)11-25)22(20-16(26)4-3-5-17(20)27)32-23(31-18)15(12-29-32)24(34)30-14-8-6-13(28)7-9-14/h3-9,12,22,31H,10-11H2,1-2H3,(H,30,34)/t22-/m1/s1. The Hall–Kier alpha value is -3.16. The van der Waals surface area contributed by atoms with E-state index in [0.29, 0.717) is 45.5 Å². The Bertz CT molecular complexity index is 1340. The number of nitrogens with one attached hydrogen (secondary N) is 2. The van der Waals surface area contributed by atoms with E-state index in [1.165, 1.54) is 30.5 Å². The largest absolute Gasteiger partial charge is 0.343 e. The molecule has 9 heteroatoms. The highest BCUT2D eigenvalue weighted by molar-refractivity contribution is 6.36. The van der Waals surface area contributed by atoms with Crippen molar-refractivity contribution in [3.05, 3.63) is 86.9 Å². The molecular weight excluding hydrogens is 478 g/mol. The van der Waals surface area contributed by atoms with Crippen molar-refractivity contribution < 1.29 is 14.0 Å². The zero-order valence-corrected chi connectivity index (χ0v) is 20.0. The maximum Gasteiger partial charge on any atom is 0.261 e. The number of rotatable bonds is 3. The number of carbonyl (C=O) groups is 2. The molecule has 2 heterocycles. The maximum absolute atomic E-state index is 13.3. The number of fused-ring (bicyclic) bond motifs is 1. The van der Waals surface area contributed by atoms with Gasteiger partial charge in [0.1, 0.15) is 23.2 Å². The molecule has 1 amide bonds. The van der Waals surface area contributed by atoms with E-state index in [1.807, 2.05) is 13.8 Å². The van der Waals surface area contributed by atoms with Gasteiger partial charge in [0, 0.05) is 39.0 Å². The van der Waals surface area contributed by atoms with Gasteiger partial charge in [-0.1, -0.05) is 43.1 Å². The molecule has 0 saturated heterocycles. The van der Waals surface area contributed by atoms with Crippen molar-refractivity contribution in [2.24, 2.45) is 5.41 Å². The third kappa shape index (κ3) is 3.89. The number of nitrogens with zero attached hydrogens (tertiary/aromatic N) is 2. The van der Waals surface area contributed by atoms with Crippen LogP contribution in [-0.4, -0.2) is 21.5 Å². The zero-order chi connectivity index (χ0) is 24.2. The van der Waals surface area contributed by atoms with Gasteiger partial charge in [-0.15, -0.1) is 0 Å². The number of amides is 1. The minimum Gasteiger partial charge on any atom is -0.343 e. The predicted molar refractivity (Wildman–Crippen MR) is 130 cm³/mol. The van der Waals surface area contributed by atoms with Crippen LogP contribution >= 0.6 is 23.2 Å². The highest BCUT2D eigenvalue weighted by Crippen LogP contribution is 2.48. The monoisotopic (exact) mass is 498 g/mol. The number of Topliss-reactive ketones (excluding diaryl/α,β-unsaturated/α-hetero) is 1. The molecule has 34 heavy (non-hydrogen) atoms. The summed E-state index contributed by atoms with van der Waals surface area (Å²) in [7, 11) is 0. The van der Waals surface area contributed by atoms with Crippen molar-refractivity contribution in [3.63, 3.8) is 0 Å². The molecule has 0 unspecified atom stereocenters. The molecule has 0 fully saturated rings. The van der Waals surface area contributed by atoms with Gasteiger partial charge >= 0.3 is 0 Å². The van der Waals surface area contributed by atoms with Crippen LogP contribution in [0.3, 0.4) is 0 Å². The fourth-order valence-corrected chi connectivity index (χ4v) is 5.25. The van der Waals surface area contributed by atoms with Crippen LogP contribution in [-0.2, 0) is 4.79 Å². The van der Waals surface area contributed by atoms with Gasteiger partial charge in [0.05, 0.1) is 6.20 Å². The van der Waals surface area contributed by atoms with Crippen molar-refractivity contribution >= 4 is 46.4 Å². The van der Waals surface area contributed by atoms with Gasteiger partial charge in [0.2, 0.25) is 0 Å². The molecule has 3 aromatic rings. The number of anilines is 2. The van der Waals surface area contributed by atoms with Gasteiger partial charge < -0.3 is 10.6 Å². The highest BCUT2D eigenvalue weighted by Gasteiger charge is 2.43. The molecule has 1 aromatic heterocycles. The third-order valence-corrected chi connectivity index (χ3v) is 6.78. The lowest BCUT2D eigenvalue weighted by molar-refractivity contribution is -0.118. The molecule has 174 valence electrons. The smallest absolute Gasteiger partial charge is 0.261 e. The van der Waals surface area contributed by atoms with Crippen LogP contribution in [0.25, 0.3) is 0 Å². The number of hydrogen-bond donors (Lipinski definition) is 2. The van der Waals surface area contributed by atoms with Crippen molar-refractivity contribution in [1.82, 2.24) is 9.78 Å². The second-order valence-corrected chi connectivity index (χ2v) is 10.1. The van der Waals surface area contributed by atoms with Crippen LogP contribution in [0.2, 0.25) is 10.0 Å². The summed E-state index contributed by atoms with van der Waals surface area (Å²) in [6, 6.07) is 9.98. The normalized spacial score (nSPS) is 18.7. The summed E-state index contributed by atoms with van der Waals surface area (Å²) in [4.78, 5) is 26.5. The summed E-state index contributed by atoms with van der Waals surface area (Å²) >= 11 is 13.1. The van der Waals surface area contributed by atoms with Crippen LogP contribution in [0, 0.1) is 11.2 Å². The number of aromatic nitrogens is 2. The molecule has 0 bridgehead atoms. The van der Waals surface area contributed by atoms with Gasteiger partial charge in [0.25, 0.3) is 5.91 Å². The maximum atomic E-state index is 13.3. The van der Waals surface area contributed by atoms with E-state index >= 15 is 0 Å². The minimum atomic E-state index is -0.677. The number of halogens is 3. The molecule has 1 aliphatic heterocycles. The van der Waals surface area contributed by atoms with E-state index in [1.54, 1.807) is 22.9 Å². The summed E-state index contributed by atoms with van der Waals surface area (Å²) in [5.74, 6) is -0.399. The molecule has 0 spiro atoms. The first-order valence-electron chi connectivity index (χ1n) is 10.8. The number of benzene rings is 2. The van der Waals surface area contributed by atoms with Crippen LogP contribution in [0.15, 0.2) is 59.9 Å². The van der Waals surface area contributed by atoms with E-state index in [2.05, 4.69) is 15.7 Å². The van der Waals surface area contributed by atoms with E-state index in [-0.39, 0.29) is 16.8 Å². The van der Waals surface area contributed by atoms with E-state index in [0.717, 1.165) is 5.70 Å². The second kappa shape index (κ2) is 8.25.